The molecule has 1 N–H and O–H groups in total. The van der Waals surface area contributed by atoms with Crippen LogP contribution in [0.1, 0.15) is 57.8 Å². The minimum absolute atomic E-state index is 0.205. The summed E-state index contributed by atoms with van der Waals surface area (Å²) in [6.07, 6.45) is 10.3. The second kappa shape index (κ2) is 4.69. The fourth-order valence-corrected chi connectivity index (χ4v) is 7.07. The first-order valence-corrected chi connectivity index (χ1v) is 9.28. The highest BCUT2D eigenvalue weighted by atomic mass is 17.3. The fraction of sp³-hybridized carbons (Fsp3) is 1.00. The van der Waals surface area contributed by atoms with Crippen molar-refractivity contribution in [2.45, 2.75) is 75.3 Å². The van der Waals surface area contributed by atoms with Crippen molar-refractivity contribution in [1.82, 2.24) is 0 Å². The van der Waals surface area contributed by atoms with Crippen molar-refractivity contribution in [3.63, 3.8) is 0 Å². The van der Waals surface area contributed by atoms with Crippen LogP contribution in [0.5, 0.6) is 0 Å². The van der Waals surface area contributed by atoms with Gasteiger partial charge in [-0.1, -0.05) is 6.42 Å². The molecule has 1 saturated heterocycles. The SMILES string of the molecule is COC1(C2CCCC(O)C2)OOC12C1CC3CC(C1)CC2C3. The van der Waals surface area contributed by atoms with Gasteiger partial charge in [-0.15, -0.1) is 0 Å². The number of rotatable bonds is 2. The number of aliphatic hydroxyl groups excluding tert-OH is 1. The van der Waals surface area contributed by atoms with Crippen molar-refractivity contribution in [2.24, 2.45) is 29.6 Å². The lowest BCUT2D eigenvalue weighted by molar-refractivity contribution is -0.647. The first kappa shape index (κ1) is 14.2. The Morgan fingerprint density at radius 3 is 2.05 bits per heavy atom. The topological polar surface area (TPSA) is 47.9 Å². The highest BCUT2D eigenvalue weighted by molar-refractivity contribution is 5.17. The molecular weight excluding hydrogens is 280 g/mol. The van der Waals surface area contributed by atoms with Gasteiger partial charge in [0.25, 0.3) is 0 Å². The summed E-state index contributed by atoms with van der Waals surface area (Å²) in [4.78, 5) is 11.8. The van der Waals surface area contributed by atoms with E-state index in [0.717, 1.165) is 37.5 Å². The van der Waals surface area contributed by atoms with Gasteiger partial charge in [0.1, 0.15) is 0 Å². The molecule has 1 spiro atoms. The van der Waals surface area contributed by atoms with E-state index in [2.05, 4.69) is 0 Å². The zero-order chi connectivity index (χ0) is 14.9. The van der Waals surface area contributed by atoms with Crippen LogP contribution in [0.2, 0.25) is 0 Å². The standard InChI is InChI=1S/C18H28O4/c1-20-18(13-3-2-4-16(19)10-13)17(21-22-18)14-6-11-5-12(8-14)9-15(17)7-11/h11-16,19H,2-10H2,1H3. The molecule has 5 aliphatic carbocycles. The maximum atomic E-state index is 10.1. The third-order valence-corrected chi connectivity index (χ3v) is 7.69. The summed E-state index contributed by atoms with van der Waals surface area (Å²) in [5, 5.41) is 10.1. The molecule has 0 aromatic rings. The summed E-state index contributed by atoms with van der Waals surface area (Å²) in [5.41, 5.74) is -0.225. The van der Waals surface area contributed by atoms with Gasteiger partial charge in [-0.05, 0) is 75.0 Å². The molecule has 0 aromatic heterocycles. The molecule has 22 heavy (non-hydrogen) atoms. The van der Waals surface area contributed by atoms with Crippen molar-refractivity contribution in [1.29, 1.82) is 0 Å². The summed E-state index contributed by atoms with van der Waals surface area (Å²) in [6.45, 7) is 0. The molecule has 0 aromatic carbocycles. The molecule has 6 aliphatic rings. The molecule has 0 amide bonds. The van der Waals surface area contributed by atoms with Crippen molar-refractivity contribution in [3.05, 3.63) is 0 Å². The Bertz CT molecular complexity index is 432. The predicted octanol–water partition coefficient (Wildman–Crippen LogP) is 3.04. The van der Waals surface area contributed by atoms with E-state index in [4.69, 9.17) is 14.5 Å². The Kier molecular flexibility index (Phi) is 3.03. The van der Waals surface area contributed by atoms with E-state index < -0.39 is 5.79 Å². The molecule has 3 unspecified atom stereocenters. The van der Waals surface area contributed by atoms with Crippen LogP contribution < -0.4 is 0 Å². The summed E-state index contributed by atoms with van der Waals surface area (Å²) in [7, 11) is 1.79. The van der Waals surface area contributed by atoms with Crippen LogP contribution in [0.3, 0.4) is 0 Å². The number of aliphatic hydroxyl groups is 1. The molecule has 1 heterocycles. The smallest absolute Gasteiger partial charge is 0.237 e. The molecule has 4 bridgehead atoms. The molecular formula is C18H28O4. The number of methoxy groups -OCH3 is 1. The summed E-state index contributed by atoms with van der Waals surface area (Å²) >= 11 is 0. The number of hydrogen-bond donors (Lipinski definition) is 1. The summed E-state index contributed by atoms with van der Waals surface area (Å²) < 4.78 is 6.08. The van der Waals surface area contributed by atoms with Crippen LogP contribution in [-0.2, 0) is 14.5 Å². The third-order valence-electron chi connectivity index (χ3n) is 7.69. The Morgan fingerprint density at radius 2 is 1.55 bits per heavy atom. The molecule has 1 aliphatic heterocycles. The average Bonchev–Trinajstić information content (AvgIpc) is 2.46. The van der Waals surface area contributed by atoms with Gasteiger partial charge < -0.3 is 9.84 Å². The zero-order valence-corrected chi connectivity index (χ0v) is 13.5. The van der Waals surface area contributed by atoms with E-state index in [1.54, 1.807) is 7.11 Å². The molecule has 6 rings (SSSR count). The monoisotopic (exact) mass is 308 g/mol. The molecule has 0 radical (unpaired) electrons. The lowest BCUT2D eigenvalue weighted by Gasteiger charge is -2.70. The Balaban J connectivity index is 1.51. The summed E-state index contributed by atoms with van der Waals surface area (Å²) in [5.74, 6) is 2.67. The second-order valence-electron chi connectivity index (χ2n) is 8.65. The van der Waals surface area contributed by atoms with Crippen LogP contribution >= 0.6 is 0 Å². The normalized spacial score (nSPS) is 59.7. The van der Waals surface area contributed by atoms with Gasteiger partial charge in [-0.2, -0.15) is 4.89 Å². The number of ether oxygens (including phenoxy) is 1. The van der Waals surface area contributed by atoms with Crippen LogP contribution in [0.4, 0.5) is 0 Å². The predicted molar refractivity (Wildman–Crippen MR) is 79.7 cm³/mol. The van der Waals surface area contributed by atoms with Gasteiger partial charge in [0.05, 0.1) is 6.10 Å². The van der Waals surface area contributed by atoms with Crippen LogP contribution in [0.15, 0.2) is 0 Å². The van der Waals surface area contributed by atoms with Crippen LogP contribution in [0, 0.1) is 29.6 Å². The Labute approximate surface area is 132 Å². The first-order chi connectivity index (χ1) is 10.7. The lowest BCUT2D eigenvalue weighted by Crippen LogP contribution is -2.80. The van der Waals surface area contributed by atoms with E-state index >= 15 is 0 Å². The lowest BCUT2D eigenvalue weighted by atomic mass is 9.46. The van der Waals surface area contributed by atoms with Gasteiger partial charge in [-0.3, -0.25) is 0 Å². The fourth-order valence-electron chi connectivity index (χ4n) is 7.07. The van der Waals surface area contributed by atoms with Crippen molar-refractivity contribution in [2.75, 3.05) is 7.11 Å². The highest BCUT2D eigenvalue weighted by Crippen LogP contribution is 2.69. The maximum Gasteiger partial charge on any atom is 0.237 e. The quantitative estimate of drug-likeness (QED) is 0.797. The average molecular weight is 308 g/mol. The second-order valence-corrected chi connectivity index (χ2v) is 8.65. The first-order valence-electron chi connectivity index (χ1n) is 9.28. The Hall–Kier alpha value is -0.160. The van der Waals surface area contributed by atoms with E-state index in [9.17, 15) is 5.11 Å². The largest absolute Gasteiger partial charge is 0.393 e. The van der Waals surface area contributed by atoms with Gasteiger partial charge in [-0.25, -0.2) is 4.89 Å². The van der Waals surface area contributed by atoms with Gasteiger partial charge >= 0.3 is 0 Å². The third kappa shape index (κ3) is 1.58. The van der Waals surface area contributed by atoms with Gasteiger partial charge in [0.2, 0.25) is 5.79 Å². The molecule has 4 nitrogen and oxygen atoms in total. The molecule has 6 fully saturated rings. The zero-order valence-electron chi connectivity index (χ0n) is 13.5. The van der Waals surface area contributed by atoms with E-state index in [1.807, 2.05) is 0 Å². The number of hydrogen-bond acceptors (Lipinski definition) is 4. The molecule has 3 atom stereocenters. The van der Waals surface area contributed by atoms with Crippen molar-refractivity contribution >= 4 is 0 Å². The molecule has 124 valence electrons. The van der Waals surface area contributed by atoms with Gasteiger partial charge in [0.15, 0.2) is 5.60 Å². The van der Waals surface area contributed by atoms with Crippen LogP contribution in [0.25, 0.3) is 0 Å². The van der Waals surface area contributed by atoms with E-state index in [1.165, 1.54) is 32.1 Å². The minimum atomic E-state index is -0.600. The van der Waals surface area contributed by atoms with Gasteiger partial charge in [0, 0.05) is 13.0 Å². The maximum absolute atomic E-state index is 10.1. The summed E-state index contributed by atoms with van der Waals surface area (Å²) in [6, 6.07) is 0. The molecule has 4 heteroatoms. The van der Waals surface area contributed by atoms with E-state index in [-0.39, 0.29) is 17.6 Å². The van der Waals surface area contributed by atoms with E-state index in [0.29, 0.717) is 11.8 Å². The van der Waals surface area contributed by atoms with Crippen molar-refractivity contribution in [3.8, 4) is 0 Å². The van der Waals surface area contributed by atoms with Crippen LogP contribution in [-0.4, -0.2) is 29.7 Å². The highest BCUT2D eigenvalue weighted by Gasteiger charge is 2.77. The minimum Gasteiger partial charge on any atom is -0.393 e. The molecule has 5 saturated carbocycles. The Morgan fingerprint density at radius 1 is 0.864 bits per heavy atom. The van der Waals surface area contributed by atoms with Crippen molar-refractivity contribution < 1.29 is 19.6 Å².